The van der Waals surface area contributed by atoms with E-state index in [-0.39, 0.29) is 13.0 Å². The Hall–Kier alpha value is -1.53. The SMILES string of the molecule is CC(NC(=O)C(CCN)NC(=O)OC(C)(C)C)C(=O)N1CCCC(C(=O)OCC(Cl)(Cl)Cl)N1. The molecule has 0 saturated carbocycles. The average molecular weight is 533 g/mol. The lowest BCUT2D eigenvalue weighted by atomic mass is 10.1. The summed E-state index contributed by atoms with van der Waals surface area (Å²) in [5.74, 6) is -1.74. The Morgan fingerprint density at radius 1 is 1.18 bits per heavy atom. The fraction of sp³-hybridized carbons (Fsp3) is 0.789. The third kappa shape index (κ3) is 11.4. The van der Waals surface area contributed by atoms with Crippen molar-refractivity contribution < 1.29 is 28.7 Å². The average Bonchev–Trinajstić information content (AvgIpc) is 2.69. The largest absolute Gasteiger partial charge is 0.460 e. The molecule has 0 aromatic heterocycles. The third-order valence-corrected chi connectivity index (χ3v) is 4.63. The summed E-state index contributed by atoms with van der Waals surface area (Å²) in [6.45, 7) is 6.58. The molecule has 0 radical (unpaired) electrons. The first kappa shape index (κ1) is 29.5. The Labute approximate surface area is 208 Å². The summed E-state index contributed by atoms with van der Waals surface area (Å²) in [6, 6.07) is -2.75. The van der Waals surface area contributed by atoms with Gasteiger partial charge in [0.25, 0.3) is 5.91 Å². The highest BCUT2D eigenvalue weighted by Gasteiger charge is 2.34. The maximum atomic E-state index is 12.8. The number of esters is 1. The first-order chi connectivity index (χ1) is 15.1. The summed E-state index contributed by atoms with van der Waals surface area (Å²) in [6.07, 6.45) is 0.305. The zero-order valence-electron chi connectivity index (χ0n) is 19.1. The predicted octanol–water partition coefficient (Wildman–Crippen LogP) is 1.14. The third-order valence-electron chi connectivity index (χ3n) is 4.31. The number of nitrogens with zero attached hydrogens (tertiary/aromatic N) is 1. The van der Waals surface area contributed by atoms with Crippen LogP contribution < -0.4 is 21.8 Å². The molecule has 1 heterocycles. The van der Waals surface area contributed by atoms with Crippen molar-refractivity contribution in [2.45, 2.75) is 74.5 Å². The highest BCUT2D eigenvalue weighted by Crippen LogP contribution is 2.26. The smallest absolute Gasteiger partial charge is 0.408 e. The Kier molecular flexibility index (Phi) is 11.4. The van der Waals surface area contributed by atoms with Gasteiger partial charge in [-0.25, -0.2) is 10.2 Å². The second-order valence-electron chi connectivity index (χ2n) is 8.54. The normalized spacial score (nSPS) is 18.7. The number of alkyl carbamates (subject to hydrolysis) is 1. The van der Waals surface area contributed by atoms with E-state index < -0.39 is 58.0 Å². The van der Waals surface area contributed by atoms with Crippen molar-refractivity contribution in [3.05, 3.63) is 0 Å². The van der Waals surface area contributed by atoms with Crippen LogP contribution in [0.25, 0.3) is 0 Å². The predicted molar refractivity (Wildman–Crippen MR) is 124 cm³/mol. The number of hydrogen-bond acceptors (Lipinski definition) is 8. The Morgan fingerprint density at radius 3 is 2.36 bits per heavy atom. The molecular formula is C19H32Cl3N5O6. The van der Waals surface area contributed by atoms with E-state index in [2.05, 4.69) is 16.1 Å². The number of halogens is 3. The van der Waals surface area contributed by atoms with Crippen LogP contribution in [0.15, 0.2) is 0 Å². The molecule has 3 amide bonds. The first-order valence-electron chi connectivity index (χ1n) is 10.4. The molecule has 1 aliphatic heterocycles. The Morgan fingerprint density at radius 2 is 1.82 bits per heavy atom. The zero-order valence-corrected chi connectivity index (χ0v) is 21.4. The minimum atomic E-state index is -1.74. The molecule has 0 aromatic rings. The van der Waals surface area contributed by atoms with E-state index in [0.717, 1.165) is 0 Å². The number of carbonyl (C=O) groups excluding carboxylic acids is 4. The minimum Gasteiger partial charge on any atom is -0.460 e. The molecule has 0 spiro atoms. The number of rotatable bonds is 8. The molecule has 1 fully saturated rings. The van der Waals surface area contributed by atoms with Crippen LogP contribution in [0.2, 0.25) is 0 Å². The van der Waals surface area contributed by atoms with Crippen LogP contribution >= 0.6 is 34.8 Å². The minimum absolute atomic E-state index is 0.127. The van der Waals surface area contributed by atoms with Gasteiger partial charge >= 0.3 is 12.1 Å². The van der Waals surface area contributed by atoms with Crippen LogP contribution in [0, 0.1) is 0 Å². The second-order valence-corrected chi connectivity index (χ2v) is 11.1. The molecule has 1 aliphatic rings. The van der Waals surface area contributed by atoms with Crippen LogP contribution in [0.5, 0.6) is 0 Å². The van der Waals surface area contributed by atoms with E-state index in [0.29, 0.717) is 19.4 Å². The fourth-order valence-corrected chi connectivity index (χ4v) is 3.03. The van der Waals surface area contributed by atoms with Crippen molar-refractivity contribution in [2.24, 2.45) is 5.73 Å². The van der Waals surface area contributed by atoms with Gasteiger partial charge in [0.05, 0.1) is 0 Å². The summed E-state index contributed by atoms with van der Waals surface area (Å²) >= 11 is 16.7. The lowest BCUT2D eigenvalue weighted by molar-refractivity contribution is -0.152. The topological polar surface area (TPSA) is 152 Å². The molecule has 5 N–H and O–H groups in total. The van der Waals surface area contributed by atoms with Gasteiger partial charge in [-0.1, -0.05) is 34.8 Å². The number of alkyl halides is 3. The first-order valence-corrected chi connectivity index (χ1v) is 11.6. The lowest BCUT2D eigenvalue weighted by Crippen LogP contribution is -2.60. The van der Waals surface area contributed by atoms with Gasteiger partial charge in [-0.3, -0.25) is 19.4 Å². The zero-order chi connectivity index (χ0) is 25.4. The van der Waals surface area contributed by atoms with Crippen LogP contribution in [-0.4, -0.2) is 76.1 Å². The van der Waals surface area contributed by atoms with Gasteiger partial charge < -0.3 is 25.8 Å². The van der Waals surface area contributed by atoms with Crippen molar-refractivity contribution in [2.75, 3.05) is 19.7 Å². The highest BCUT2D eigenvalue weighted by molar-refractivity contribution is 6.67. The van der Waals surface area contributed by atoms with Gasteiger partial charge in [-0.05, 0) is 53.5 Å². The summed E-state index contributed by atoms with van der Waals surface area (Å²) in [5, 5.41) is 6.24. The highest BCUT2D eigenvalue weighted by atomic mass is 35.6. The van der Waals surface area contributed by atoms with E-state index in [4.69, 9.17) is 50.0 Å². The van der Waals surface area contributed by atoms with Crippen molar-refractivity contribution in [3.63, 3.8) is 0 Å². The lowest BCUT2D eigenvalue weighted by Gasteiger charge is -2.34. The van der Waals surface area contributed by atoms with E-state index in [1.807, 2.05) is 0 Å². The number of hydrazine groups is 1. The van der Waals surface area contributed by atoms with Crippen LogP contribution in [0.1, 0.15) is 47.0 Å². The number of amides is 3. The summed E-state index contributed by atoms with van der Waals surface area (Å²) in [5.41, 5.74) is 7.58. The number of carbonyl (C=O) groups is 4. The molecule has 33 heavy (non-hydrogen) atoms. The van der Waals surface area contributed by atoms with Crippen LogP contribution in [0.3, 0.4) is 0 Å². The van der Waals surface area contributed by atoms with E-state index in [1.165, 1.54) is 11.9 Å². The molecule has 1 saturated heterocycles. The quantitative estimate of drug-likeness (QED) is 0.268. The van der Waals surface area contributed by atoms with Crippen LogP contribution in [-0.2, 0) is 23.9 Å². The molecule has 3 unspecified atom stereocenters. The van der Waals surface area contributed by atoms with Gasteiger partial charge in [0.15, 0.2) is 0 Å². The van der Waals surface area contributed by atoms with Gasteiger partial charge in [0, 0.05) is 6.54 Å². The molecule has 1 rings (SSSR count). The molecule has 3 atom stereocenters. The Balaban J connectivity index is 2.67. The molecule has 0 bridgehead atoms. The van der Waals surface area contributed by atoms with Gasteiger partial charge in [-0.15, -0.1) is 0 Å². The maximum Gasteiger partial charge on any atom is 0.408 e. The number of hydrogen-bond donors (Lipinski definition) is 4. The summed E-state index contributed by atoms with van der Waals surface area (Å²) < 4.78 is 8.38. The van der Waals surface area contributed by atoms with E-state index in [1.54, 1.807) is 20.8 Å². The summed E-state index contributed by atoms with van der Waals surface area (Å²) in [4.78, 5) is 49.7. The van der Waals surface area contributed by atoms with Crippen molar-refractivity contribution in [1.82, 2.24) is 21.1 Å². The van der Waals surface area contributed by atoms with Crippen LogP contribution in [0.4, 0.5) is 4.79 Å². The fourth-order valence-electron chi connectivity index (χ4n) is 2.86. The molecule has 0 aliphatic carbocycles. The van der Waals surface area contributed by atoms with E-state index in [9.17, 15) is 19.2 Å². The van der Waals surface area contributed by atoms with E-state index >= 15 is 0 Å². The van der Waals surface area contributed by atoms with Crippen molar-refractivity contribution in [1.29, 1.82) is 0 Å². The summed E-state index contributed by atoms with van der Waals surface area (Å²) in [7, 11) is 0. The van der Waals surface area contributed by atoms with Crippen molar-refractivity contribution in [3.8, 4) is 0 Å². The Bertz CT molecular complexity index is 713. The molecule has 14 heteroatoms. The van der Waals surface area contributed by atoms with Gasteiger partial charge in [-0.2, -0.15) is 0 Å². The molecule has 11 nitrogen and oxygen atoms in total. The number of nitrogens with one attached hydrogen (secondary N) is 3. The van der Waals surface area contributed by atoms with Gasteiger partial charge in [0.1, 0.15) is 30.3 Å². The molecule has 0 aromatic carbocycles. The second kappa shape index (κ2) is 12.8. The van der Waals surface area contributed by atoms with Gasteiger partial charge in [0.2, 0.25) is 9.70 Å². The standard InChI is InChI=1S/C19H32Cl3N5O6/c1-11(24-14(28)12(7-8-23)25-17(31)33-18(2,3)4)15(29)27-9-5-6-13(26-27)16(30)32-10-19(20,21)22/h11-13,26H,5-10,23H2,1-4H3,(H,24,28)(H,25,31). The monoisotopic (exact) mass is 531 g/mol. The van der Waals surface area contributed by atoms with Crippen molar-refractivity contribution >= 4 is 58.7 Å². The number of nitrogens with two attached hydrogens (primary N) is 1. The molecular weight excluding hydrogens is 501 g/mol. The molecule has 190 valence electrons. The number of ether oxygens (including phenoxy) is 2. The maximum absolute atomic E-state index is 12.8.